The van der Waals surface area contributed by atoms with E-state index < -0.39 is 0 Å². The summed E-state index contributed by atoms with van der Waals surface area (Å²) >= 11 is 0. The van der Waals surface area contributed by atoms with Crippen molar-refractivity contribution in [3.05, 3.63) is 47.3 Å². The fourth-order valence-electron chi connectivity index (χ4n) is 2.16. The van der Waals surface area contributed by atoms with Gasteiger partial charge in [-0.2, -0.15) is 0 Å². The van der Waals surface area contributed by atoms with Gasteiger partial charge in [0.2, 0.25) is 0 Å². The first-order valence-corrected chi connectivity index (χ1v) is 7.11. The lowest BCUT2D eigenvalue weighted by Gasteiger charge is -2.11. The van der Waals surface area contributed by atoms with Crippen molar-refractivity contribution < 1.29 is 0 Å². The Morgan fingerprint density at radius 3 is 2.60 bits per heavy atom. The van der Waals surface area contributed by atoms with Gasteiger partial charge in [-0.1, -0.05) is 24.3 Å². The van der Waals surface area contributed by atoms with Gasteiger partial charge in [-0.05, 0) is 37.8 Å². The first kappa shape index (κ1) is 12.9. The van der Waals surface area contributed by atoms with E-state index in [1.165, 1.54) is 24.0 Å². The van der Waals surface area contributed by atoms with Crippen LogP contribution in [0.4, 0.5) is 11.6 Å². The summed E-state index contributed by atoms with van der Waals surface area (Å²) in [5, 5.41) is 6.80. The summed E-state index contributed by atoms with van der Waals surface area (Å²) in [6, 6.07) is 11.0. The SMILES string of the molecule is Cc1nc(NCc2ccccc2C)cc(NC2CC2)n1. The molecule has 1 saturated carbocycles. The number of nitrogens with one attached hydrogen (secondary N) is 2. The Morgan fingerprint density at radius 2 is 1.85 bits per heavy atom. The quantitative estimate of drug-likeness (QED) is 0.873. The second-order valence-electron chi connectivity index (χ2n) is 5.38. The van der Waals surface area contributed by atoms with E-state index in [9.17, 15) is 0 Å². The van der Waals surface area contributed by atoms with Crippen molar-refractivity contribution in [1.82, 2.24) is 9.97 Å². The Balaban J connectivity index is 1.70. The molecule has 104 valence electrons. The lowest BCUT2D eigenvalue weighted by atomic mass is 10.1. The molecule has 0 radical (unpaired) electrons. The van der Waals surface area contributed by atoms with Crippen molar-refractivity contribution in [3.8, 4) is 0 Å². The Morgan fingerprint density at radius 1 is 1.10 bits per heavy atom. The van der Waals surface area contributed by atoms with E-state index in [1.54, 1.807) is 0 Å². The third-order valence-electron chi connectivity index (χ3n) is 3.49. The second kappa shape index (κ2) is 5.49. The van der Waals surface area contributed by atoms with Crippen LogP contribution in [0.5, 0.6) is 0 Å². The topological polar surface area (TPSA) is 49.8 Å². The van der Waals surface area contributed by atoms with Crippen molar-refractivity contribution in [2.24, 2.45) is 0 Å². The van der Waals surface area contributed by atoms with Crippen molar-refractivity contribution >= 4 is 11.6 Å². The van der Waals surface area contributed by atoms with Crippen LogP contribution in [-0.4, -0.2) is 16.0 Å². The third kappa shape index (κ3) is 3.26. The number of rotatable bonds is 5. The van der Waals surface area contributed by atoms with E-state index >= 15 is 0 Å². The van der Waals surface area contributed by atoms with Gasteiger partial charge in [0.1, 0.15) is 17.5 Å². The summed E-state index contributed by atoms with van der Waals surface area (Å²) in [4.78, 5) is 8.87. The molecule has 1 aliphatic carbocycles. The summed E-state index contributed by atoms with van der Waals surface area (Å²) in [6.07, 6.45) is 2.49. The maximum Gasteiger partial charge on any atom is 0.132 e. The van der Waals surface area contributed by atoms with Crippen LogP contribution in [0, 0.1) is 13.8 Å². The zero-order chi connectivity index (χ0) is 13.9. The van der Waals surface area contributed by atoms with Gasteiger partial charge in [0.05, 0.1) is 0 Å². The molecule has 0 aliphatic heterocycles. The van der Waals surface area contributed by atoms with E-state index in [-0.39, 0.29) is 0 Å². The lowest BCUT2D eigenvalue weighted by molar-refractivity contribution is 1.00. The zero-order valence-electron chi connectivity index (χ0n) is 12.0. The summed E-state index contributed by atoms with van der Waals surface area (Å²) in [5.74, 6) is 2.60. The Hall–Kier alpha value is -2.10. The van der Waals surface area contributed by atoms with E-state index in [1.807, 2.05) is 13.0 Å². The predicted octanol–water partition coefficient (Wildman–Crippen LogP) is 3.28. The molecule has 2 N–H and O–H groups in total. The molecule has 3 rings (SSSR count). The molecule has 1 aliphatic rings. The molecule has 1 aromatic heterocycles. The van der Waals surface area contributed by atoms with Gasteiger partial charge in [0, 0.05) is 18.7 Å². The van der Waals surface area contributed by atoms with Crippen LogP contribution >= 0.6 is 0 Å². The minimum Gasteiger partial charge on any atom is -0.367 e. The highest BCUT2D eigenvalue weighted by Gasteiger charge is 2.21. The van der Waals surface area contributed by atoms with Crippen molar-refractivity contribution in [1.29, 1.82) is 0 Å². The van der Waals surface area contributed by atoms with Crippen molar-refractivity contribution in [2.75, 3.05) is 10.6 Å². The normalized spacial score (nSPS) is 14.1. The van der Waals surface area contributed by atoms with Crippen LogP contribution in [0.3, 0.4) is 0 Å². The molecule has 1 fully saturated rings. The van der Waals surface area contributed by atoms with E-state index in [4.69, 9.17) is 0 Å². The van der Waals surface area contributed by atoms with E-state index in [0.717, 1.165) is 24.0 Å². The van der Waals surface area contributed by atoms with Gasteiger partial charge >= 0.3 is 0 Å². The molecule has 0 saturated heterocycles. The fourth-order valence-corrected chi connectivity index (χ4v) is 2.16. The van der Waals surface area contributed by atoms with Crippen molar-refractivity contribution in [2.45, 2.75) is 39.3 Å². The number of benzene rings is 1. The maximum atomic E-state index is 4.44. The van der Waals surface area contributed by atoms with Gasteiger partial charge < -0.3 is 10.6 Å². The zero-order valence-corrected chi connectivity index (χ0v) is 12.0. The van der Waals surface area contributed by atoms with E-state index in [0.29, 0.717) is 6.04 Å². The van der Waals surface area contributed by atoms with Gasteiger partial charge in [-0.3, -0.25) is 0 Å². The summed E-state index contributed by atoms with van der Waals surface area (Å²) in [6.45, 7) is 4.84. The molecule has 0 unspecified atom stereocenters. The number of hydrogen-bond donors (Lipinski definition) is 2. The monoisotopic (exact) mass is 268 g/mol. The smallest absolute Gasteiger partial charge is 0.132 e. The molecule has 4 heteroatoms. The van der Waals surface area contributed by atoms with Crippen LogP contribution in [0.15, 0.2) is 30.3 Å². The Labute approximate surface area is 119 Å². The molecule has 0 bridgehead atoms. The predicted molar refractivity (Wildman–Crippen MR) is 81.9 cm³/mol. The van der Waals surface area contributed by atoms with Crippen LogP contribution in [0.25, 0.3) is 0 Å². The highest BCUT2D eigenvalue weighted by atomic mass is 15.1. The molecule has 4 nitrogen and oxygen atoms in total. The number of hydrogen-bond acceptors (Lipinski definition) is 4. The maximum absolute atomic E-state index is 4.44. The average Bonchev–Trinajstić information content (AvgIpc) is 3.21. The fraction of sp³-hybridized carbons (Fsp3) is 0.375. The van der Waals surface area contributed by atoms with Gasteiger partial charge in [-0.15, -0.1) is 0 Å². The minimum absolute atomic E-state index is 0.605. The minimum atomic E-state index is 0.605. The lowest BCUT2D eigenvalue weighted by Crippen LogP contribution is -2.08. The molecule has 0 spiro atoms. The molecule has 1 heterocycles. The summed E-state index contributed by atoms with van der Waals surface area (Å²) < 4.78 is 0. The molecule has 2 aromatic rings. The van der Waals surface area contributed by atoms with Crippen LogP contribution < -0.4 is 10.6 Å². The highest BCUT2D eigenvalue weighted by molar-refractivity contribution is 5.49. The molecule has 1 aromatic carbocycles. The number of anilines is 2. The molecular formula is C16H20N4. The molecular weight excluding hydrogens is 248 g/mol. The first-order chi connectivity index (χ1) is 9.70. The second-order valence-corrected chi connectivity index (χ2v) is 5.38. The Bertz CT molecular complexity index is 605. The molecule has 0 amide bonds. The largest absolute Gasteiger partial charge is 0.367 e. The van der Waals surface area contributed by atoms with Crippen LogP contribution in [0.1, 0.15) is 29.8 Å². The van der Waals surface area contributed by atoms with Gasteiger partial charge in [-0.25, -0.2) is 9.97 Å². The first-order valence-electron chi connectivity index (χ1n) is 7.11. The van der Waals surface area contributed by atoms with Gasteiger partial charge in [0.25, 0.3) is 0 Å². The number of aromatic nitrogens is 2. The summed E-state index contributed by atoms with van der Waals surface area (Å²) in [7, 11) is 0. The molecule has 20 heavy (non-hydrogen) atoms. The number of nitrogens with zero attached hydrogens (tertiary/aromatic N) is 2. The van der Waals surface area contributed by atoms with Crippen LogP contribution in [0.2, 0.25) is 0 Å². The van der Waals surface area contributed by atoms with Crippen LogP contribution in [-0.2, 0) is 6.54 Å². The highest BCUT2D eigenvalue weighted by Crippen LogP contribution is 2.24. The Kier molecular flexibility index (Phi) is 3.54. The number of aryl methyl sites for hydroxylation is 2. The van der Waals surface area contributed by atoms with E-state index in [2.05, 4.69) is 51.8 Å². The van der Waals surface area contributed by atoms with Crippen molar-refractivity contribution in [3.63, 3.8) is 0 Å². The third-order valence-corrected chi connectivity index (χ3v) is 3.49. The average molecular weight is 268 g/mol. The molecule has 0 atom stereocenters. The standard InChI is InChI=1S/C16H20N4/c1-11-5-3-4-6-13(11)10-17-15-9-16(19-12(2)18-15)20-14-7-8-14/h3-6,9,14H,7-8,10H2,1-2H3,(H2,17,18,19,20). The van der Waals surface area contributed by atoms with Gasteiger partial charge in [0.15, 0.2) is 0 Å². The summed E-state index contributed by atoms with van der Waals surface area (Å²) in [5.41, 5.74) is 2.59.